The molecule has 0 aliphatic carbocycles. The Morgan fingerprint density at radius 1 is 1.17 bits per heavy atom. The third kappa shape index (κ3) is 3.44. The molecule has 1 atom stereocenters. The van der Waals surface area contributed by atoms with Crippen LogP contribution in [0.5, 0.6) is 0 Å². The second-order valence-electron chi connectivity index (χ2n) is 6.04. The van der Waals surface area contributed by atoms with Crippen LogP contribution >= 0.6 is 0 Å². The van der Waals surface area contributed by atoms with E-state index in [1.165, 1.54) is 11.1 Å². The van der Waals surface area contributed by atoms with E-state index in [2.05, 4.69) is 52.7 Å². The predicted molar refractivity (Wildman–Crippen MR) is 92.3 cm³/mol. The molecule has 0 saturated heterocycles. The first-order chi connectivity index (χ1) is 11.2. The van der Waals surface area contributed by atoms with Crippen molar-refractivity contribution in [2.75, 3.05) is 13.7 Å². The topological polar surface area (TPSA) is 40.8 Å². The molecule has 0 bridgehead atoms. The molecule has 2 heterocycles. The molecule has 0 amide bonds. The second-order valence-corrected chi connectivity index (χ2v) is 6.04. The molecular weight excluding hydrogens is 286 g/mol. The molecular formula is C19H23N3O. The summed E-state index contributed by atoms with van der Waals surface area (Å²) < 4.78 is 2.15. The van der Waals surface area contributed by atoms with E-state index in [-0.39, 0.29) is 12.6 Å². The number of benzene rings is 1. The van der Waals surface area contributed by atoms with Gasteiger partial charge in [-0.3, -0.25) is 4.90 Å². The van der Waals surface area contributed by atoms with E-state index in [1.54, 1.807) is 0 Å². The quantitative estimate of drug-likeness (QED) is 0.760. The summed E-state index contributed by atoms with van der Waals surface area (Å²) in [6.45, 7) is 3.05. The van der Waals surface area contributed by atoms with E-state index in [1.807, 2.05) is 30.5 Å². The number of nitrogens with zero attached hydrogens (tertiary/aromatic N) is 3. The highest BCUT2D eigenvalue weighted by Gasteiger charge is 2.18. The monoisotopic (exact) mass is 309 g/mol. The van der Waals surface area contributed by atoms with Crippen LogP contribution in [-0.4, -0.2) is 33.0 Å². The minimum Gasteiger partial charge on any atom is -0.396 e. The zero-order valence-electron chi connectivity index (χ0n) is 13.7. The SMILES string of the molecule is Cc1ccc2ncc(CN(C)C(CCO)c3ccccc3)n2c1. The third-order valence-electron chi connectivity index (χ3n) is 4.26. The van der Waals surface area contributed by atoms with Gasteiger partial charge >= 0.3 is 0 Å². The minimum atomic E-state index is 0.177. The molecule has 3 rings (SSSR count). The summed E-state index contributed by atoms with van der Waals surface area (Å²) in [6, 6.07) is 14.7. The minimum absolute atomic E-state index is 0.177. The molecule has 3 aromatic rings. The number of fused-ring (bicyclic) bond motifs is 1. The molecule has 120 valence electrons. The van der Waals surface area contributed by atoms with Gasteiger partial charge in [-0.25, -0.2) is 4.98 Å². The van der Waals surface area contributed by atoms with Crippen LogP contribution in [0.3, 0.4) is 0 Å². The third-order valence-corrected chi connectivity index (χ3v) is 4.26. The fourth-order valence-corrected chi connectivity index (χ4v) is 3.06. The molecule has 0 saturated carbocycles. The Hall–Kier alpha value is -2.17. The van der Waals surface area contributed by atoms with Crippen molar-refractivity contribution in [2.24, 2.45) is 0 Å². The number of hydrogen-bond donors (Lipinski definition) is 1. The van der Waals surface area contributed by atoms with Crippen LogP contribution in [-0.2, 0) is 6.54 Å². The van der Waals surface area contributed by atoms with E-state index in [0.29, 0.717) is 0 Å². The van der Waals surface area contributed by atoms with Crippen molar-refractivity contribution in [3.63, 3.8) is 0 Å². The van der Waals surface area contributed by atoms with Crippen LogP contribution in [0, 0.1) is 6.92 Å². The van der Waals surface area contributed by atoms with Crippen molar-refractivity contribution in [3.8, 4) is 0 Å². The molecule has 1 N–H and O–H groups in total. The van der Waals surface area contributed by atoms with Crippen LogP contribution in [0.15, 0.2) is 54.9 Å². The van der Waals surface area contributed by atoms with Crippen molar-refractivity contribution in [1.29, 1.82) is 0 Å². The molecule has 0 fully saturated rings. The summed E-state index contributed by atoms with van der Waals surface area (Å²) in [4.78, 5) is 6.75. The van der Waals surface area contributed by atoms with Gasteiger partial charge in [-0.1, -0.05) is 36.4 Å². The Balaban J connectivity index is 1.85. The molecule has 4 nitrogen and oxygen atoms in total. The van der Waals surface area contributed by atoms with E-state index >= 15 is 0 Å². The lowest BCUT2D eigenvalue weighted by Crippen LogP contribution is -2.25. The van der Waals surface area contributed by atoms with Gasteiger partial charge in [0.15, 0.2) is 0 Å². The Morgan fingerprint density at radius 2 is 1.96 bits per heavy atom. The molecule has 0 aliphatic rings. The lowest BCUT2D eigenvalue weighted by Gasteiger charge is -2.28. The van der Waals surface area contributed by atoms with Crippen molar-refractivity contribution in [2.45, 2.75) is 25.9 Å². The number of aliphatic hydroxyl groups is 1. The summed E-state index contributed by atoms with van der Waals surface area (Å²) in [5, 5.41) is 9.44. The molecule has 23 heavy (non-hydrogen) atoms. The van der Waals surface area contributed by atoms with Gasteiger partial charge in [-0.15, -0.1) is 0 Å². The maximum atomic E-state index is 9.44. The van der Waals surface area contributed by atoms with E-state index < -0.39 is 0 Å². The number of pyridine rings is 1. The summed E-state index contributed by atoms with van der Waals surface area (Å²) >= 11 is 0. The van der Waals surface area contributed by atoms with Gasteiger partial charge in [0.25, 0.3) is 0 Å². The molecule has 1 aromatic carbocycles. The molecule has 2 aromatic heterocycles. The summed E-state index contributed by atoms with van der Waals surface area (Å²) in [7, 11) is 2.10. The number of aryl methyl sites for hydroxylation is 1. The standard InChI is InChI=1S/C19H23N3O/c1-15-8-9-19-20-12-17(22(19)13-15)14-21(2)18(10-11-23)16-6-4-3-5-7-16/h3-9,12-13,18,23H,10-11,14H2,1-2H3. The van der Waals surface area contributed by atoms with Crippen molar-refractivity contribution in [3.05, 3.63) is 71.7 Å². The number of imidazole rings is 1. The summed E-state index contributed by atoms with van der Waals surface area (Å²) in [6.07, 6.45) is 4.78. The Labute approximate surface area is 137 Å². The Bertz CT molecular complexity index is 767. The molecule has 1 unspecified atom stereocenters. The predicted octanol–water partition coefficient (Wildman–Crippen LogP) is 3.20. The van der Waals surface area contributed by atoms with Gasteiger partial charge in [0.05, 0.1) is 11.9 Å². The van der Waals surface area contributed by atoms with Gasteiger partial charge in [0, 0.05) is 25.4 Å². The summed E-state index contributed by atoms with van der Waals surface area (Å²) in [5.41, 5.74) is 4.57. The largest absolute Gasteiger partial charge is 0.396 e. The lowest BCUT2D eigenvalue weighted by molar-refractivity contribution is 0.178. The van der Waals surface area contributed by atoms with E-state index in [9.17, 15) is 5.11 Å². The van der Waals surface area contributed by atoms with Crippen LogP contribution in [0.4, 0.5) is 0 Å². The van der Waals surface area contributed by atoms with Gasteiger partial charge in [-0.05, 0) is 37.6 Å². The fraction of sp³-hybridized carbons (Fsp3) is 0.316. The number of hydrogen-bond acceptors (Lipinski definition) is 3. The average Bonchev–Trinajstić information content (AvgIpc) is 2.95. The van der Waals surface area contributed by atoms with Crippen molar-refractivity contribution < 1.29 is 5.11 Å². The Kier molecular flexibility index (Phi) is 4.74. The smallest absolute Gasteiger partial charge is 0.136 e. The summed E-state index contributed by atoms with van der Waals surface area (Å²) in [5.74, 6) is 0. The maximum Gasteiger partial charge on any atom is 0.136 e. The molecule has 0 radical (unpaired) electrons. The first kappa shape index (κ1) is 15.7. The average molecular weight is 309 g/mol. The normalized spacial score (nSPS) is 12.9. The van der Waals surface area contributed by atoms with Gasteiger partial charge < -0.3 is 9.51 Å². The van der Waals surface area contributed by atoms with E-state index in [4.69, 9.17) is 0 Å². The van der Waals surface area contributed by atoms with Crippen LogP contribution in [0.2, 0.25) is 0 Å². The lowest BCUT2D eigenvalue weighted by atomic mass is 10.0. The van der Waals surface area contributed by atoms with Crippen LogP contribution in [0.1, 0.15) is 29.3 Å². The zero-order chi connectivity index (χ0) is 16.2. The van der Waals surface area contributed by atoms with Crippen molar-refractivity contribution in [1.82, 2.24) is 14.3 Å². The highest BCUT2D eigenvalue weighted by Crippen LogP contribution is 2.24. The maximum absolute atomic E-state index is 9.44. The van der Waals surface area contributed by atoms with Gasteiger partial charge in [0.2, 0.25) is 0 Å². The number of aromatic nitrogens is 2. The van der Waals surface area contributed by atoms with Crippen molar-refractivity contribution >= 4 is 5.65 Å². The van der Waals surface area contributed by atoms with Crippen LogP contribution < -0.4 is 0 Å². The first-order valence-corrected chi connectivity index (χ1v) is 7.97. The van der Waals surface area contributed by atoms with Gasteiger partial charge in [0.1, 0.15) is 5.65 Å². The zero-order valence-corrected chi connectivity index (χ0v) is 13.7. The molecule has 0 spiro atoms. The highest BCUT2D eigenvalue weighted by molar-refractivity contribution is 5.41. The van der Waals surface area contributed by atoms with Crippen LogP contribution in [0.25, 0.3) is 5.65 Å². The number of rotatable bonds is 6. The Morgan fingerprint density at radius 3 is 2.70 bits per heavy atom. The van der Waals surface area contributed by atoms with Gasteiger partial charge in [-0.2, -0.15) is 0 Å². The fourth-order valence-electron chi connectivity index (χ4n) is 3.06. The molecule has 0 aliphatic heterocycles. The first-order valence-electron chi connectivity index (χ1n) is 7.97. The molecule has 4 heteroatoms. The second kappa shape index (κ2) is 6.94. The highest BCUT2D eigenvalue weighted by atomic mass is 16.3. The van der Waals surface area contributed by atoms with E-state index in [0.717, 1.165) is 24.3 Å². The number of aliphatic hydroxyl groups excluding tert-OH is 1.